The van der Waals surface area contributed by atoms with Gasteiger partial charge in [0, 0.05) is 66.5 Å². The number of hydrogen-bond donors (Lipinski definition) is 0. The average molecular weight is 400 g/mol. The molecule has 1 aliphatic heterocycles. The molecule has 0 spiro atoms. The molecule has 3 aromatic rings. The minimum absolute atomic E-state index is 0.118. The predicted octanol–water partition coefficient (Wildman–Crippen LogP) is -1.65. The molecule has 11 nitrogen and oxygen atoms in total. The normalized spacial score (nSPS) is 15.3. The van der Waals surface area contributed by atoms with Gasteiger partial charge in [0.15, 0.2) is 11.2 Å². The molecule has 1 aliphatic rings. The van der Waals surface area contributed by atoms with E-state index in [2.05, 4.69) is 19.9 Å². The first-order valence-electron chi connectivity index (χ1n) is 9.48. The van der Waals surface area contributed by atoms with Crippen LogP contribution >= 0.6 is 0 Å². The number of rotatable bonds is 4. The molecule has 0 unspecified atom stereocenters. The fraction of sp³-hybridized carbons (Fsp3) is 0.500. The van der Waals surface area contributed by atoms with Crippen LogP contribution in [-0.4, -0.2) is 66.1 Å². The fourth-order valence-corrected chi connectivity index (χ4v) is 3.68. The Bertz CT molecular complexity index is 1230. The van der Waals surface area contributed by atoms with Crippen LogP contribution in [0.15, 0.2) is 33.0 Å². The highest BCUT2D eigenvalue weighted by atomic mass is 16.2. The predicted molar refractivity (Wildman–Crippen MR) is 108 cm³/mol. The van der Waals surface area contributed by atoms with Crippen LogP contribution in [-0.2, 0) is 27.7 Å². The summed E-state index contributed by atoms with van der Waals surface area (Å²) in [5.41, 5.74) is 0.865. The van der Waals surface area contributed by atoms with E-state index < -0.39 is 0 Å². The summed E-state index contributed by atoms with van der Waals surface area (Å²) in [6.45, 7) is 4.67. The van der Waals surface area contributed by atoms with Crippen molar-refractivity contribution < 1.29 is 0 Å². The molecule has 11 heteroatoms. The summed E-state index contributed by atoms with van der Waals surface area (Å²) in [6, 6.07) is 1.61. The van der Waals surface area contributed by atoms with Crippen LogP contribution in [0, 0.1) is 0 Å². The van der Waals surface area contributed by atoms with Gasteiger partial charge in [-0.3, -0.25) is 23.6 Å². The van der Waals surface area contributed by atoms with E-state index in [9.17, 15) is 14.4 Å². The summed E-state index contributed by atoms with van der Waals surface area (Å²) in [6.07, 6.45) is 3.34. The van der Waals surface area contributed by atoms with E-state index in [0.29, 0.717) is 17.7 Å². The second-order valence-electron chi connectivity index (χ2n) is 7.32. The largest absolute Gasteiger partial charge is 0.368 e. The monoisotopic (exact) mass is 400 g/mol. The molecule has 1 fully saturated rings. The lowest BCUT2D eigenvalue weighted by Gasteiger charge is -2.35. The Morgan fingerprint density at radius 2 is 1.69 bits per heavy atom. The van der Waals surface area contributed by atoms with Crippen molar-refractivity contribution >= 4 is 16.9 Å². The fourth-order valence-electron chi connectivity index (χ4n) is 3.68. The molecule has 1 saturated heterocycles. The zero-order valence-electron chi connectivity index (χ0n) is 16.8. The van der Waals surface area contributed by atoms with Crippen LogP contribution in [0.2, 0.25) is 0 Å². The molecular weight excluding hydrogens is 376 g/mol. The van der Waals surface area contributed by atoms with E-state index >= 15 is 0 Å². The van der Waals surface area contributed by atoms with Gasteiger partial charge in [-0.05, 0) is 0 Å². The molecule has 0 amide bonds. The number of anilines is 1. The van der Waals surface area contributed by atoms with Gasteiger partial charge in [0.05, 0.1) is 18.2 Å². The Kier molecular flexibility index (Phi) is 4.82. The van der Waals surface area contributed by atoms with E-state index in [1.54, 1.807) is 32.7 Å². The molecule has 3 aromatic heterocycles. The third-order valence-corrected chi connectivity index (χ3v) is 5.57. The van der Waals surface area contributed by atoms with Crippen LogP contribution in [0.4, 0.5) is 5.69 Å². The van der Waals surface area contributed by atoms with E-state index in [0.717, 1.165) is 43.0 Å². The van der Waals surface area contributed by atoms with E-state index in [-0.39, 0.29) is 16.8 Å². The zero-order valence-corrected chi connectivity index (χ0v) is 16.8. The van der Waals surface area contributed by atoms with Gasteiger partial charge in [-0.25, -0.2) is 14.5 Å². The molecular formula is C18H24N8O3. The standard InChI is InChI=1S/C18H24N8O3/c1-21-16-15(17(28)22(2)18(21)29)26(12-19-16)9-6-24-4-7-25(8-5-24)13-10-14(27)23(3)20-11-13/h10-12H,4-9H2,1-3H3. The second-order valence-corrected chi connectivity index (χ2v) is 7.32. The quantitative estimate of drug-likeness (QED) is 0.517. The van der Waals surface area contributed by atoms with Crippen molar-refractivity contribution in [3.05, 3.63) is 49.8 Å². The first-order chi connectivity index (χ1) is 13.9. The topological polar surface area (TPSA) is 103 Å². The van der Waals surface area contributed by atoms with Gasteiger partial charge in [-0.1, -0.05) is 0 Å². The number of hydrogen-bond acceptors (Lipinski definition) is 7. The summed E-state index contributed by atoms with van der Waals surface area (Å²) in [5, 5.41) is 4.08. The third-order valence-electron chi connectivity index (χ3n) is 5.57. The zero-order chi connectivity index (χ0) is 20.7. The van der Waals surface area contributed by atoms with Crippen LogP contribution in [0.5, 0.6) is 0 Å². The number of imidazole rings is 1. The van der Waals surface area contributed by atoms with E-state index in [1.807, 2.05) is 4.57 Å². The van der Waals surface area contributed by atoms with Crippen LogP contribution in [0.25, 0.3) is 11.2 Å². The molecule has 4 rings (SSSR count). The Labute approximate surface area is 166 Å². The minimum Gasteiger partial charge on any atom is -0.368 e. The van der Waals surface area contributed by atoms with Crippen molar-refractivity contribution in [2.45, 2.75) is 6.54 Å². The van der Waals surface area contributed by atoms with Crippen molar-refractivity contribution in [1.82, 2.24) is 33.4 Å². The molecule has 0 N–H and O–H groups in total. The maximum absolute atomic E-state index is 12.5. The van der Waals surface area contributed by atoms with Gasteiger partial charge >= 0.3 is 5.69 Å². The van der Waals surface area contributed by atoms with Crippen molar-refractivity contribution in [2.75, 3.05) is 37.6 Å². The van der Waals surface area contributed by atoms with Crippen LogP contribution < -0.4 is 21.7 Å². The Morgan fingerprint density at radius 3 is 2.38 bits per heavy atom. The van der Waals surface area contributed by atoms with Crippen LogP contribution in [0.3, 0.4) is 0 Å². The molecule has 0 bridgehead atoms. The lowest BCUT2D eigenvalue weighted by Crippen LogP contribution is -2.47. The summed E-state index contributed by atoms with van der Waals surface area (Å²) in [5.74, 6) is 0. The van der Waals surface area contributed by atoms with Gasteiger partial charge in [-0.2, -0.15) is 5.10 Å². The smallest absolute Gasteiger partial charge is 0.332 e. The number of nitrogens with zero attached hydrogens (tertiary/aromatic N) is 8. The Balaban J connectivity index is 1.43. The van der Waals surface area contributed by atoms with Crippen molar-refractivity contribution in [1.29, 1.82) is 0 Å². The highest BCUT2D eigenvalue weighted by Gasteiger charge is 2.19. The first-order valence-corrected chi connectivity index (χ1v) is 9.48. The molecule has 0 atom stereocenters. The van der Waals surface area contributed by atoms with Crippen molar-refractivity contribution in [3.63, 3.8) is 0 Å². The van der Waals surface area contributed by atoms with E-state index in [1.165, 1.54) is 16.3 Å². The molecule has 0 aromatic carbocycles. The molecule has 0 saturated carbocycles. The van der Waals surface area contributed by atoms with Crippen molar-refractivity contribution in [3.8, 4) is 0 Å². The first kappa shape index (κ1) is 19.1. The lowest BCUT2D eigenvalue weighted by molar-refractivity contribution is 0.249. The third kappa shape index (κ3) is 3.37. The maximum Gasteiger partial charge on any atom is 0.332 e. The summed E-state index contributed by atoms with van der Waals surface area (Å²) < 4.78 is 5.63. The maximum atomic E-state index is 12.5. The number of aromatic nitrogens is 6. The number of fused-ring (bicyclic) bond motifs is 1. The van der Waals surface area contributed by atoms with Gasteiger partial charge in [-0.15, -0.1) is 0 Å². The van der Waals surface area contributed by atoms with E-state index in [4.69, 9.17) is 0 Å². The van der Waals surface area contributed by atoms with Crippen LogP contribution in [0.1, 0.15) is 0 Å². The lowest BCUT2D eigenvalue weighted by atomic mass is 10.3. The summed E-state index contributed by atoms with van der Waals surface area (Å²) >= 11 is 0. The summed E-state index contributed by atoms with van der Waals surface area (Å²) in [7, 11) is 4.73. The molecule has 0 aliphatic carbocycles. The Morgan fingerprint density at radius 1 is 0.966 bits per heavy atom. The number of piperazine rings is 1. The SMILES string of the molecule is Cn1ncc(N2CCN(CCn3cnc4c3c(=O)n(C)c(=O)n4C)CC2)cc1=O. The average Bonchev–Trinajstić information content (AvgIpc) is 3.16. The van der Waals surface area contributed by atoms with Crippen molar-refractivity contribution in [2.24, 2.45) is 21.1 Å². The molecule has 29 heavy (non-hydrogen) atoms. The van der Waals surface area contributed by atoms with Gasteiger partial charge in [0.1, 0.15) is 0 Å². The van der Waals surface area contributed by atoms with Gasteiger partial charge in [0.25, 0.3) is 11.1 Å². The highest BCUT2D eigenvalue weighted by molar-refractivity contribution is 5.69. The summed E-state index contributed by atoms with van der Waals surface area (Å²) in [4.78, 5) is 45.1. The molecule has 4 heterocycles. The molecule has 154 valence electrons. The van der Waals surface area contributed by atoms with Gasteiger partial charge in [0.2, 0.25) is 0 Å². The molecule has 0 radical (unpaired) electrons. The van der Waals surface area contributed by atoms with Gasteiger partial charge < -0.3 is 9.47 Å². The second kappa shape index (κ2) is 7.32. The highest BCUT2D eigenvalue weighted by Crippen LogP contribution is 2.13. The minimum atomic E-state index is -0.380. The Hall–Kier alpha value is -3.21. The number of aryl methyl sites for hydroxylation is 2.